The Morgan fingerprint density at radius 2 is 0.696 bits per heavy atom. The summed E-state index contributed by atoms with van der Waals surface area (Å²) in [5.74, 6) is 0. The predicted molar refractivity (Wildman–Crippen MR) is 95.7 cm³/mol. The molecule has 0 rings (SSSR count). The standard InChI is InChI=1S/C14H33O6Si3/c1-11(21(15-5)16-6)14(4,12(2)22(17-7)18-8)13(3)23(19-9)20-10/h11-13H,1-10H3. The van der Waals surface area contributed by atoms with Crippen LogP contribution in [0, 0.1) is 5.41 Å². The third-order valence-corrected chi connectivity index (χ3v) is 11.5. The van der Waals surface area contributed by atoms with Crippen molar-refractivity contribution in [2.75, 3.05) is 42.7 Å². The summed E-state index contributed by atoms with van der Waals surface area (Å²) in [6.45, 7) is 8.80. The van der Waals surface area contributed by atoms with E-state index in [-0.39, 0.29) is 22.0 Å². The second-order valence-corrected chi connectivity index (χ2v) is 12.7. The fourth-order valence-corrected chi connectivity index (χ4v) is 9.34. The Hall–Kier alpha value is 0.411. The molecular weight excluding hydrogens is 348 g/mol. The normalized spacial score (nSPS) is 19.2. The highest BCUT2D eigenvalue weighted by Gasteiger charge is 2.54. The van der Waals surface area contributed by atoms with Gasteiger partial charge in [-0.2, -0.15) is 0 Å². The molecule has 0 aromatic rings. The zero-order valence-electron chi connectivity index (χ0n) is 16.2. The van der Waals surface area contributed by atoms with Crippen LogP contribution in [0.4, 0.5) is 0 Å². The van der Waals surface area contributed by atoms with Gasteiger partial charge in [0.05, 0.1) is 0 Å². The van der Waals surface area contributed by atoms with Crippen molar-refractivity contribution in [3.05, 3.63) is 0 Å². The predicted octanol–water partition coefficient (Wildman–Crippen LogP) is 2.51. The maximum atomic E-state index is 5.64. The van der Waals surface area contributed by atoms with Crippen LogP contribution in [-0.4, -0.2) is 70.5 Å². The zero-order valence-corrected chi connectivity index (χ0v) is 19.2. The number of rotatable bonds is 12. The van der Waals surface area contributed by atoms with Gasteiger partial charge in [-0.25, -0.2) is 0 Å². The number of hydrogen-bond acceptors (Lipinski definition) is 6. The highest BCUT2D eigenvalue weighted by atomic mass is 28.3. The van der Waals surface area contributed by atoms with Gasteiger partial charge in [0.25, 0.3) is 0 Å². The molecule has 6 nitrogen and oxygen atoms in total. The molecule has 23 heavy (non-hydrogen) atoms. The number of hydrogen-bond donors (Lipinski definition) is 0. The monoisotopic (exact) mass is 381 g/mol. The van der Waals surface area contributed by atoms with E-state index in [0.29, 0.717) is 0 Å². The lowest BCUT2D eigenvalue weighted by Gasteiger charge is -2.47. The summed E-state index contributed by atoms with van der Waals surface area (Å²) in [6.07, 6.45) is 0. The Morgan fingerprint density at radius 1 is 0.522 bits per heavy atom. The molecule has 9 heteroatoms. The Balaban J connectivity index is 5.84. The maximum Gasteiger partial charge on any atom is 0.387 e. The quantitative estimate of drug-likeness (QED) is 0.484. The van der Waals surface area contributed by atoms with E-state index in [0.717, 1.165) is 0 Å². The minimum Gasteiger partial charge on any atom is -0.397 e. The minimum absolute atomic E-state index is 0.166. The topological polar surface area (TPSA) is 55.4 Å². The van der Waals surface area contributed by atoms with Crippen LogP contribution >= 0.6 is 0 Å². The maximum absolute atomic E-state index is 5.64. The van der Waals surface area contributed by atoms with Gasteiger partial charge in [-0.1, -0.05) is 27.7 Å². The summed E-state index contributed by atoms with van der Waals surface area (Å²) >= 11 is 0. The van der Waals surface area contributed by atoms with Crippen LogP contribution in [0.25, 0.3) is 0 Å². The summed E-state index contributed by atoms with van der Waals surface area (Å²) in [5, 5.41) is 0. The molecule has 137 valence electrons. The van der Waals surface area contributed by atoms with Crippen LogP contribution in [0.1, 0.15) is 27.7 Å². The third-order valence-electron chi connectivity index (χ3n) is 5.07. The van der Waals surface area contributed by atoms with Crippen molar-refractivity contribution in [2.24, 2.45) is 5.41 Å². The highest BCUT2D eigenvalue weighted by Crippen LogP contribution is 2.55. The summed E-state index contributed by atoms with van der Waals surface area (Å²) in [4.78, 5) is 0. The van der Waals surface area contributed by atoms with Gasteiger partial charge in [0, 0.05) is 59.3 Å². The Kier molecular flexibility index (Phi) is 11.3. The van der Waals surface area contributed by atoms with E-state index in [1.165, 1.54) is 0 Å². The van der Waals surface area contributed by atoms with Gasteiger partial charge in [0.2, 0.25) is 0 Å². The van der Waals surface area contributed by atoms with Gasteiger partial charge < -0.3 is 26.6 Å². The lowest BCUT2D eigenvalue weighted by Crippen LogP contribution is -2.49. The zero-order chi connectivity index (χ0) is 18.2. The van der Waals surface area contributed by atoms with E-state index in [2.05, 4.69) is 27.7 Å². The average Bonchev–Trinajstić information content (AvgIpc) is 2.56. The summed E-state index contributed by atoms with van der Waals surface area (Å²) in [6, 6.07) is 0. The molecule has 0 fully saturated rings. The molecule has 0 amide bonds. The molecule has 0 aromatic carbocycles. The van der Waals surface area contributed by atoms with Crippen LogP contribution in [0.2, 0.25) is 16.6 Å². The van der Waals surface area contributed by atoms with Crippen molar-refractivity contribution in [1.82, 2.24) is 0 Å². The molecule has 0 aromatic heterocycles. The molecular formula is C14H33O6Si3. The fraction of sp³-hybridized carbons (Fsp3) is 1.00. The molecule has 0 spiro atoms. The summed E-state index contributed by atoms with van der Waals surface area (Å²) in [5.41, 5.74) is 0.426. The fourth-order valence-electron chi connectivity index (χ4n) is 3.20. The van der Waals surface area contributed by atoms with Crippen molar-refractivity contribution in [2.45, 2.75) is 44.3 Å². The van der Waals surface area contributed by atoms with Crippen LogP contribution in [-0.2, 0) is 26.6 Å². The van der Waals surface area contributed by atoms with Gasteiger partial charge in [0.1, 0.15) is 0 Å². The van der Waals surface area contributed by atoms with Crippen molar-refractivity contribution in [3.63, 3.8) is 0 Å². The Bertz CT molecular complexity index is 265. The smallest absolute Gasteiger partial charge is 0.387 e. The summed E-state index contributed by atoms with van der Waals surface area (Å²) < 4.78 is 33.8. The van der Waals surface area contributed by atoms with Gasteiger partial charge in [-0.05, 0) is 5.41 Å². The van der Waals surface area contributed by atoms with E-state index in [9.17, 15) is 0 Å². The van der Waals surface area contributed by atoms with Crippen LogP contribution in [0.15, 0.2) is 0 Å². The largest absolute Gasteiger partial charge is 0.397 e. The highest BCUT2D eigenvalue weighted by molar-refractivity contribution is 6.51. The van der Waals surface area contributed by atoms with Gasteiger partial charge in [-0.15, -0.1) is 0 Å². The first-order valence-electron chi connectivity index (χ1n) is 7.64. The lowest BCUT2D eigenvalue weighted by atomic mass is 9.80. The van der Waals surface area contributed by atoms with Crippen molar-refractivity contribution in [3.8, 4) is 0 Å². The molecule has 0 aliphatic carbocycles. The first kappa shape index (κ1) is 23.4. The van der Waals surface area contributed by atoms with E-state index >= 15 is 0 Å². The van der Waals surface area contributed by atoms with Gasteiger partial charge >= 0.3 is 27.9 Å². The molecule has 0 bridgehead atoms. The van der Waals surface area contributed by atoms with Crippen LogP contribution < -0.4 is 0 Å². The third kappa shape index (κ3) is 5.19. The second kappa shape index (κ2) is 11.1. The molecule has 0 saturated heterocycles. The van der Waals surface area contributed by atoms with E-state index in [4.69, 9.17) is 26.6 Å². The molecule has 0 aliphatic rings. The Morgan fingerprint density at radius 3 is 0.826 bits per heavy atom. The second-order valence-electron chi connectivity index (χ2n) is 5.71. The van der Waals surface area contributed by atoms with Crippen molar-refractivity contribution >= 4 is 27.9 Å². The lowest BCUT2D eigenvalue weighted by molar-refractivity contribution is 0.151. The molecule has 0 heterocycles. The van der Waals surface area contributed by atoms with Crippen molar-refractivity contribution in [1.29, 1.82) is 0 Å². The van der Waals surface area contributed by atoms with Gasteiger partial charge in [-0.3, -0.25) is 0 Å². The van der Waals surface area contributed by atoms with E-state index in [1.54, 1.807) is 42.7 Å². The molecule has 0 aliphatic heterocycles. The molecule has 0 saturated carbocycles. The SMILES string of the molecule is CO[Si](OC)C(C)C(C)(C(C)[Si](OC)OC)C(C)[Si](OC)OC. The molecule has 3 unspecified atom stereocenters. The van der Waals surface area contributed by atoms with E-state index < -0.39 is 27.9 Å². The first-order valence-corrected chi connectivity index (χ1v) is 11.8. The average molecular weight is 382 g/mol. The van der Waals surface area contributed by atoms with Crippen LogP contribution in [0.3, 0.4) is 0 Å². The van der Waals surface area contributed by atoms with Crippen molar-refractivity contribution < 1.29 is 26.6 Å². The Labute approximate surface area is 147 Å². The van der Waals surface area contributed by atoms with Crippen LogP contribution in [0.5, 0.6) is 0 Å². The minimum atomic E-state index is -1.43. The molecule has 0 N–H and O–H groups in total. The van der Waals surface area contributed by atoms with Gasteiger partial charge in [0.15, 0.2) is 0 Å². The molecule has 3 atom stereocenters. The summed E-state index contributed by atoms with van der Waals surface area (Å²) in [7, 11) is 5.95. The van der Waals surface area contributed by atoms with E-state index in [1.807, 2.05) is 0 Å². The molecule has 3 radical (unpaired) electrons. The first-order chi connectivity index (χ1) is 10.8.